The van der Waals surface area contributed by atoms with E-state index in [1.54, 1.807) is 0 Å². The van der Waals surface area contributed by atoms with Crippen molar-refractivity contribution < 1.29 is 29.6 Å². The minimum absolute atomic E-state index is 0.0150. The van der Waals surface area contributed by atoms with Gasteiger partial charge in [0.1, 0.15) is 11.6 Å². The van der Waals surface area contributed by atoms with Crippen molar-refractivity contribution in [2.24, 2.45) is 5.92 Å². The molecule has 2 aliphatic heterocycles. The zero-order valence-corrected chi connectivity index (χ0v) is 11.7. The van der Waals surface area contributed by atoms with Gasteiger partial charge in [-0.1, -0.05) is 11.8 Å². The largest absolute Gasteiger partial charge is 0.481 e. The maximum Gasteiger partial charge on any atom is 0.352 e. The van der Waals surface area contributed by atoms with Crippen molar-refractivity contribution in [1.29, 1.82) is 0 Å². The van der Waals surface area contributed by atoms with E-state index in [0.29, 0.717) is 11.5 Å². The number of ether oxygens (including phenoxy) is 1. The van der Waals surface area contributed by atoms with E-state index in [1.165, 1.54) is 6.92 Å². The Morgan fingerprint density at radius 2 is 2.15 bits per heavy atom. The van der Waals surface area contributed by atoms with E-state index < -0.39 is 29.3 Å². The van der Waals surface area contributed by atoms with Gasteiger partial charge in [0, 0.05) is 11.5 Å². The Balaban J connectivity index is 2.20. The second-order valence-corrected chi connectivity index (χ2v) is 6.02. The van der Waals surface area contributed by atoms with Crippen molar-refractivity contribution >= 4 is 23.7 Å². The third kappa shape index (κ3) is 2.92. The minimum Gasteiger partial charge on any atom is -0.481 e. The fourth-order valence-corrected chi connectivity index (χ4v) is 3.92. The van der Waals surface area contributed by atoms with Gasteiger partial charge in [0.2, 0.25) is 0 Å². The average molecular weight is 303 g/mol. The number of aliphatic hydroxyl groups excluding tert-OH is 1. The number of hydrogen-bond acceptors (Lipinski definition) is 6. The maximum absolute atomic E-state index is 11.3. The Morgan fingerprint density at radius 1 is 1.45 bits per heavy atom. The normalized spacial score (nSPS) is 29.1. The van der Waals surface area contributed by atoms with Crippen molar-refractivity contribution in [1.82, 2.24) is 5.32 Å². The Kier molecular flexibility index (Phi) is 4.56. The van der Waals surface area contributed by atoms with Gasteiger partial charge in [-0.3, -0.25) is 4.79 Å². The summed E-state index contributed by atoms with van der Waals surface area (Å²) < 4.78 is 5.47. The molecule has 4 atom stereocenters. The monoisotopic (exact) mass is 303 g/mol. The summed E-state index contributed by atoms with van der Waals surface area (Å²) in [5.41, 5.74) is -0.0150. The minimum atomic E-state index is -1.16. The van der Waals surface area contributed by atoms with Gasteiger partial charge in [-0.15, -0.1) is 0 Å². The predicted molar refractivity (Wildman–Crippen MR) is 71.0 cm³/mol. The number of rotatable bonds is 5. The van der Waals surface area contributed by atoms with Crippen LogP contribution in [-0.4, -0.2) is 51.4 Å². The highest BCUT2D eigenvalue weighted by Gasteiger charge is 2.42. The summed E-state index contributed by atoms with van der Waals surface area (Å²) in [5.74, 6) is -3.39. The molecule has 112 valence electrons. The lowest BCUT2D eigenvalue weighted by atomic mass is 10.0. The molecule has 4 N–H and O–H groups in total. The first-order chi connectivity index (χ1) is 9.41. The molecule has 0 aliphatic carbocycles. The quantitative estimate of drug-likeness (QED) is 0.569. The van der Waals surface area contributed by atoms with Crippen LogP contribution in [-0.2, 0) is 14.3 Å². The molecule has 2 heterocycles. The SMILES string of the molecule is C[C@@H](O)[C@H](C(=O)O)[C@@H]1NC(C(=O)O)=C([C@H]2CCCO2)S1. The molecule has 0 spiro atoms. The Labute approximate surface area is 120 Å². The van der Waals surface area contributed by atoms with Gasteiger partial charge >= 0.3 is 11.9 Å². The first kappa shape index (κ1) is 15.1. The topological polar surface area (TPSA) is 116 Å². The van der Waals surface area contributed by atoms with Crippen LogP contribution in [0, 0.1) is 5.92 Å². The fraction of sp³-hybridized carbons (Fsp3) is 0.667. The van der Waals surface area contributed by atoms with Gasteiger partial charge < -0.3 is 25.4 Å². The predicted octanol–water partition coefficient (Wildman–Crippen LogP) is 0.206. The van der Waals surface area contributed by atoms with Crippen LogP contribution in [0.4, 0.5) is 0 Å². The van der Waals surface area contributed by atoms with Gasteiger partial charge in [0.15, 0.2) is 0 Å². The number of carboxylic acid groups (broad SMARTS) is 2. The van der Waals surface area contributed by atoms with Crippen LogP contribution in [0.3, 0.4) is 0 Å². The molecule has 0 bridgehead atoms. The van der Waals surface area contributed by atoms with Gasteiger partial charge in [-0.2, -0.15) is 0 Å². The smallest absolute Gasteiger partial charge is 0.352 e. The number of nitrogens with one attached hydrogen (secondary N) is 1. The van der Waals surface area contributed by atoms with E-state index in [2.05, 4.69) is 5.32 Å². The zero-order valence-electron chi connectivity index (χ0n) is 10.9. The highest BCUT2D eigenvalue weighted by molar-refractivity contribution is 8.04. The summed E-state index contributed by atoms with van der Waals surface area (Å²) in [6.07, 6.45) is 0.189. The first-order valence-corrected chi connectivity index (χ1v) is 7.23. The fourth-order valence-electron chi connectivity index (χ4n) is 2.38. The molecular weight excluding hydrogens is 286 g/mol. The summed E-state index contributed by atoms with van der Waals surface area (Å²) in [6.45, 7) is 1.95. The van der Waals surface area contributed by atoms with E-state index in [9.17, 15) is 24.9 Å². The Morgan fingerprint density at radius 3 is 2.60 bits per heavy atom. The van der Waals surface area contributed by atoms with Gasteiger partial charge in [0.25, 0.3) is 0 Å². The van der Waals surface area contributed by atoms with Crippen LogP contribution < -0.4 is 5.32 Å². The second kappa shape index (κ2) is 6.02. The van der Waals surface area contributed by atoms with Crippen molar-refractivity contribution in [3.63, 3.8) is 0 Å². The molecule has 0 aromatic heterocycles. The Bertz CT molecular complexity index is 443. The van der Waals surface area contributed by atoms with Crippen molar-refractivity contribution in [2.75, 3.05) is 6.61 Å². The first-order valence-electron chi connectivity index (χ1n) is 6.35. The highest BCUT2D eigenvalue weighted by Crippen LogP contribution is 2.40. The standard InChI is InChI=1S/C12H17NO6S/c1-5(14)7(11(15)16)10-13-8(12(17)18)9(20-10)6-3-2-4-19-6/h5-7,10,13-14H,2-4H2,1H3,(H,15,16)(H,17,18)/t5-,6-,7+,10-/m1/s1. The van der Waals surface area contributed by atoms with Gasteiger partial charge in [-0.25, -0.2) is 4.79 Å². The molecule has 0 aromatic rings. The second-order valence-electron chi connectivity index (χ2n) is 4.83. The third-order valence-electron chi connectivity index (χ3n) is 3.35. The summed E-state index contributed by atoms with van der Waals surface area (Å²) in [5, 5.41) is 30.0. The average Bonchev–Trinajstić information content (AvgIpc) is 2.94. The molecule has 2 aliphatic rings. The zero-order chi connectivity index (χ0) is 14.9. The Hall–Kier alpha value is -1.25. The molecule has 1 fully saturated rings. The maximum atomic E-state index is 11.3. The van der Waals surface area contributed by atoms with Crippen molar-refractivity contribution in [2.45, 2.75) is 37.3 Å². The lowest BCUT2D eigenvalue weighted by Gasteiger charge is -2.22. The van der Waals surface area contributed by atoms with Crippen molar-refractivity contribution in [3.05, 3.63) is 10.6 Å². The van der Waals surface area contributed by atoms with E-state index in [4.69, 9.17) is 4.74 Å². The van der Waals surface area contributed by atoms with E-state index in [0.717, 1.165) is 24.6 Å². The summed E-state index contributed by atoms with van der Waals surface area (Å²) in [6, 6.07) is 0. The van der Waals surface area contributed by atoms with Crippen LogP contribution in [0.25, 0.3) is 0 Å². The molecule has 8 heteroatoms. The number of carboxylic acids is 2. The molecule has 0 aromatic carbocycles. The molecule has 0 radical (unpaired) electrons. The van der Waals surface area contributed by atoms with Crippen LogP contribution >= 0.6 is 11.8 Å². The van der Waals surface area contributed by atoms with E-state index in [-0.39, 0.29) is 11.8 Å². The van der Waals surface area contributed by atoms with E-state index in [1.807, 2.05) is 0 Å². The summed E-state index contributed by atoms with van der Waals surface area (Å²) in [7, 11) is 0. The number of carbonyl (C=O) groups is 2. The molecule has 20 heavy (non-hydrogen) atoms. The molecule has 0 saturated carbocycles. The molecule has 0 amide bonds. The van der Waals surface area contributed by atoms with Crippen molar-refractivity contribution in [3.8, 4) is 0 Å². The number of aliphatic hydroxyl groups is 1. The summed E-state index contributed by atoms with van der Waals surface area (Å²) in [4.78, 5) is 23.0. The van der Waals surface area contributed by atoms with Gasteiger partial charge in [0.05, 0.1) is 17.6 Å². The van der Waals surface area contributed by atoms with Gasteiger partial charge in [-0.05, 0) is 19.8 Å². The van der Waals surface area contributed by atoms with Crippen LogP contribution in [0.1, 0.15) is 19.8 Å². The molecule has 0 unspecified atom stereocenters. The molecule has 1 saturated heterocycles. The molecular formula is C12H17NO6S. The van der Waals surface area contributed by atoms with Crippen LogP contribution in [0.2, 0.25) is 0 Å². The number of aliphatic carboxylic acids is 2. The number of thioether (sulfide) groups is 1. The van der Waals surface area contributed by atoms with Crippen LogP contribution in [0.5, 0.6) is 0 Å². The highest BCUT2D eigenvalue weighted by atomic mass is 32.2. The van der Waals surface area contributed by atoms with Crippen LogP contribution in [0.15, 0.2) is 10.6 Å². The summed E-state index contributed by atoms with van der Waals surface area (Å²) >= 11 is 1.13. The lowest BCUT2D eigenvalue weighted by Crippen LogP contribution is -2.41. The number of hydrogen-bond donors (Lipinski definition) is 4. The molecule has 7 nitrogen and oxygen atoms in total. The lowest BCUT2D eigenvalue weighted by molar-refractivity contribution is -0.145. The third-order valence-corrected chi connectivity index (χ3v) is 4.74. The van der Waals surface area contributed by atoms with E-state index >= 15 is 0 Å². The molecule has 2 rings (SSSR count).